The van der Waals surface area contributed by atoms with Crippen LogP contribution in [0.1, 0.15) is 38.5 Å². The van der Waals surface area contributed by atoms with E-state index in [1.165, 1.54) is 45.1 Å². The van der Waals surface area contributed by atoms with Gasteiger partial charge in [0.1, 0.15) is 0 Å². The largest absolute Gasteiger partial charge is 0.381 e. The summed E-state index contributed by atoms with van der Waals surface area (Å²) < 4.78 is 5.65. The molecule has 0 amide bonds. The molecule has 5 atom stereocenters. The van der Waals surface area contributed by atoms with E-state index < -0.39 is 0 Å². The first-order chi connectivity index (χ1) is 9.28. The minimum Gasteiger partial charge on any atom is -0.381 e. The molecule has 1 heterocycles. The van der Waals surface area contributed by atoms with Gasteiger partial charge in [-0.1, -0.05) is 6.42 Å². The van der Waals surface area contributed by atoms with E-state index in [0.29, 0.717) is 12.0 Å². The molecule has 2 N–H and O–H groups in total. The van der Waals surface area contributed by atoms with Crippen molar-refractivity contribution in [2.24, 2.45) is 29.4 Å². The van der Waals surface area contributed by atoms with Crippen molar-refractivity contribution in [1.29, 1.82) is 0 Å². The van der Waals surface area contributed by atoms with Gasteiger partial charge in [-0.05, 0) is 62.8 Å². The molecule has 3 heteroatoms. The van der Waals surface area contributed by atoms with Gasteiger partial charge in [-0.25, -0.2) is 0 Å². The summed E-state index contributed by atoms with van der Waals surface area (Å²) in [6.45, 7) is 3.91. The summed E-state index contributed by atoms with van der Waals surface area (Å²) >= 11 is 0. The maximum atomic E-state index is 6.06. The zero-order valence-electron chi connectivity index (χ0n) is 12.4. The van der Waals surface area contributed by atoms with Gasteiger partial charge in [-0.15, -0.1) is 0 Å². The number of nitrogens with two attached hydrogens (primary N) is 1. The van der Waals surface area contributed by atoms with Crippen LogP contribution in [-0.2, 0) is 4.74 Å². The minimum absolute atomic E-state index is 0.527. The fourth-order valence-electron chi connectivity index (χ4n) is 4.91. The van der Waals surface area contributed by atoms with Gasteiger partial charge in [0, 0.05) is 25.7 Å². The zero-order valence-corrected chi connectivity index (χ0v) is 12.4. The molecular weight excluding hydrogens is 236 g/mol. The second-order valence-electron chi connectivity index (χ2n) is 7.15. The van der Waals surface area contributed by atoms with Crippen molar-refractivity contribution in [1.82, 2.24) is 4.90 Å². The molecule has 1 saturated heterocycles. The van der Waals surface area contributed by atoms with Gasteiger partial charge in [-0.3, -0.25) is 0 Å². The van der Waals surface area contributed by atoms with Crippen molar-refractivity contribution >= 4 is 0 Å². The summed E-state index contributed by atoms with van der Waals surface area (Å²) in [5, 5.41) is 0. The molecule has 110 valence electrons. The van der Waals surface area contributed by atoms with Gasteiger partial charge < -0.3 is 15.4 Å². The summed E-state index contributed by atoms with van der Waals surface area (Å²) in [5.74, 6) is 3.68. The normalized spacial score (nSPS) is 39.9. The van der Waals surface area contributed by atoms with Crippen LogP contribution in [0, 0.1) is 23.7 Å². The molecular formula is C16H30N2O. The predicted octanol–water partition coefficient (Wildman–Crippen LogP) is 2.11. The average Bonchev–Trinajstić information content (AvgIpc) is 3.03. The summed E-state index contributed by atoms with van der Waals surface area (Å²) in [5.41, 5.74) is 6.06. The van der Waals surface area contributed by atoms with E-state index in [4.69, 9.17) is 10.5 Å². The molecule has 0 spiro atoms. The van der Waals surface area contributed by atoms with E-state index >= 15 is 0 Å². The number of rotatable bonds is 5. The van der Waals surface area contributed by atoms with E-state index in [0.717, 1.165) is 37.5 Å². The van der Waals surface area contributed by atoms with Crippen molar-refractivity contribution in [3.8, 4) is 0 Å². The van der Waals surface area contributed by atoms with Gasteiger partial charge in [0.2, 0.25) is 0 Å². The molecule has 1 aliphatic heterocycles. The SMILES string of the molecule is CN(CC1CC2CCC1C2)C(CN)C1CCCOC1. The second-order valence-corrected chi connectivity index (χ2v) is 7.15. The monoisotopic (exact) mass is 266 g/mol. The van der Waals surface area contributed by atoms with E-state index in [9.17, 15) is 0 Å². The molecule has 0 aromatic rings. The molecule has 3 nitrogen and oxygen atoms in total. The lowest BCUT2D eigenvalue weighted by Gasteiger charge is -2.38. The standard InChI is InChI=1S/C16H30N2O/c1-18(10-15-8-12-4-5-13(15)7-12)16(9-17)14-3-2-6-19-11-14/h12-16H,2-11,17H2,1H3. The van der Waals surface area contributed by atoms with Crippen molar-refractivity contribution in [3.05, 3.63) is 0 Å². The van der Waals surface area contributed by atoms with Gasteiger partial charge >= 0.3 is 0 Å². The Morgan fingerprint density at radius 2 is 2.16 bits per heavy atom. The Hall–Kier alpha value is -0.120. The maximum absolute atomic E-state index is 6.06. The topological polar surface area (TPSA) is 38.5 Å². The number of nitrogens with zero attached hydrogens (tertiary/aromatic N) is 1. The highest BCUT2D eigenvalue weighted by molar-refractivity contribution is 4.92. The van der Waals surface area contributed by atoms with Crippen molar-refractivity contribution in [2.75, 3.05) is 33.4 Å². The lowest BCUT2D eigenvalue weighted by molar-refractivity contribution is 0.0122. The van der Waals surface area contributed by atoms with Crippen molar-refractivity contribution in [3.63, 3.8) is 0 Å². The molecule has 0 radical (unpaired) electrons. The lowest BCUT2D eigenvalue weighted by Crippen LogP contribution is -2.48. The van der Waals surface area contributed by atoms with Crippen molar-refractivity contribution in [2.45, 2.75) is 44.6 Å². The van der Waals surface area contributed by atoms with Gasteiger partial charge in [0.05, 0.1) is 6.61 Å². The van der Waals surface area contributed by atoms with Crippen LogP contribution in [0.4, 0.5) is 0 Å². The summed E-state index contributed by atoms with van der Waals surface area (Å²) in [7, 11) is 2.29. The fourth-order valence-corrected chi connectivity index (χ4v) is 4.91. The molecule has 0 aromatic heterocycles. The van der Waals surface area contributed by atoms with E-state index in [2.05, 4.69) is 11.9 Å². The van der Waals surface area contributed by atoms with Crippen LogP contribution in [0.25, 0.3) is 0 Å². The van der Waals surface area contributed by atoms with Crippen LogP contribution in [0.5, 0.6) is 0 Å². The Labute approximate surface area is 117 Å². The number of likely N-dealkylation sites (N-methyl/N-ethyl adjacent to an activating group) is 1. The fraction of sp³-hybridized carbons (Fsp3) is 1.00. The number of fused-ring (bicyclic) bond motifs is 2. The Morgan fingerprint density at radius 1 is 1.26 bits per heavy atom. The first-order valence-corrected chi connectivity index (χ1v) is 8.26. The molecule has 0 aromatic carbocycles. The van der Waals surface area contributed by atoms with Crippen LogP contribution in [0.2, 0.25) is 0 Å². The first kappa shape index (κ1) is 13.8. The van der Waals surface area contributed by atoms with Crippen LogP contribution >= 0.6 is 0 Å². The third kappa shape index (κ3) is 2.98. The van der Waals surface area contributed by atoms with E-state index in [1.807, 2.05) is 0 Å². The molecule has 3 aliphatic rings. The molecule has 3 fully saturated rings. The van der Waals surface area contributed by atoms with Crippen LogP contribution in [-0.4, -0.2) is 44.3 Å². The second kappa shape index (κ2) is 6.11. The molecule has 3 rings (SSSR count). The van der Waals surface area contributed by atoms with Crippen LogP contribution in [0.3, 0.4) is 0 Å². The van der Waals surface area contributed by atoms with E-state index in [1.54, 1.807) is 0 Å². The maximum Gasteiger partial charge on any atom is 0.0509 e. The van der Waals surface area contributed by atoms with Gasteiger partial charge in [-0.2, -0.15) is 0 Å². The van der Waals surface area contributed by atoms with E-state index in [-0.39, 0.29) is 0 Å². The summed E-state index contributed by atoms with van der Waals surface area (Å²) in [6, 6.07) is 0.527. The summed E-state index contributed by atoms with van der Waals surface area (Å²) in [4.78, 5) is 2.56. The minimum atomic E-state index is 0.527. The Bertz CT molecular complexity index is 290. The highest BCUT2D eigenvalue weighted by Crippen LogP contribution is 2.48. The smallest absolute Gasteiger partial charge is 0.0509 e. The molecule has 2 saturated carbocycles. The Morgan fingerprint density at radius 3 is 2.74 bits per heavy atom. The van der Waals surface area contributed by atoms with Gasteiger partial charge in [0.15, 0.2) is 0 Å². The number of ether oxygens (including phenoxy) is 1. The number of hydrogen-bond donors (Lipinski definition) is 1. The van der Waals surface area contributed by atoms with Gasteiger partial charge in [0.25, 0.3) is 0 Å². The first-order valence-electron chi connectivity index (χ1n) is 8.26. The molecule has 2 bridgehead atoms. The van der Waals surface area contributed by atoms with Crippen LogP contribution in [0.15, 0.2) is 0 Å². The Balaban J connectivity index is 1.53. The highest BCUT2D eigenvalue weighted by Gasteiger charge is 2.40. The van der Waals surface area contributed by atoms with Crippen LogP contribution < -0.4 is 5.73 Å². The van der Waals surface area contributed by atoms with Crippen molar-refractivity contribution < 1.29 is 4.74 Å². The zero-order chi connectivity index (χ0) is 13.2. The average molecular weight is 266 g/mol. The lowest BCUT2D eigenvalue weighted by atomic mass is 9.87. The molecule has 2 aliphatic carbocycles. The highest BCUT2D eigenvalue weighted by atomic mass is 16.5. The Kier molecular flexibility index (Phi) is 4.45. The third-order valence-electron chi connectivity index (χ3n) is 5.95. The quantitative estimate of drug-likeness (QED) is 0.828. The number of hydrogen-bond acceptors (Lipinski definition) is 3. The predicted molar refractivity (Wildman–Crippen MR) is 78.0 cm³/mol. The molecule has 19 heavy (non-hydrogen) atoms. The third-order valence-corrected chi connectivity index (χ3v) is 5.95. The summed E-state index contributed by atoms with van der Waals surface area (Å²) in [6.07, 6.45) is 8.49. The molecule has 5 unspecified atom stereocenters.